The largest absolute Gasteiger partial charge is 0.450 e. The van der Waals surface area contributed by atoms with Crippen LogP contribution in [-0.4, -0.2) is 49.8 Å². The van der Waals surface area contributed by atoms with Gasteiger partial charge in [0.1, 0.15) is 0 Å². The van der Waals surface area contributed by atoms with Crippen molar-refractivity contribution in [3.8, 4) is 0 Å². The summed E-state index contributed by atoms with van der Waals surface area (Å²) in [6.45, 7) is 4.71. The minimum atomic E-state index is -0.684. The van der Waals surface area contributed by atoms with Crippen molar-refractivity contribution in [3.63, 3.8) is 0 Å². The summed E-state index contributed by atoms with van der Waals surface area (Å²) in [6.07, 6.45) is -0.684. The molecule has 1 aliphatic rings. The van der Waals surface area contributed by atoms with Gasteiger partial charge in [-0.2, -0.15) is 0 Å². The third-order valence-electron chi connectivity index (χ3n) is 1.89. The van der Waals surface area contributed by atoms with Crippen molar-refractivity contribution in [3.05, 3.63) is 0 Å². The lowest BCUT2D eigenvalue weighted by atomic mass is 10.4. The fraction of sp³-hybridized carbons (Fsp3) is 0.750. The highest BCUT2D eigenvalue weighted by Gasteiger charge is 2.18. The predicted octanol–water partition coefficient (Wildman–Crippen LogP) is -0.242. The Morgan fingerprint density at radius 2 is 2.07 bits per heavy atom. The average Bonchev–Trinajstić information content (AvgIpc) is 2.19. The zero-order valence-corrected chi connectivity index (χ0v) is 8.21. The molecule has 0 spiro atoms. The standard InChI is InChI=1S/C8H15N3O3/c1-2-14-8(13)10-7(12)11-5-3-9-4-6-11/h9H,2-6H2,1H3,(H,10,12,13). The Morgan fingerprint density at radius 1 is 1.43 bits per heavy atom. The molecular formula is C8H15N3O3. The number of urea groups is 1. The molecule has 1 aliphatic heterocycles. The lowest BCUT2D eigenvalue weighted by Crippen LogP contribution is -2.51. The zero-order valence-electron chi connectivity index (χ0n) is 8.21. The second-order valence-electron chi connectivity index (χ2n) is 2.89. The van der Waals surface area contributed by atoms with Crippen molar-refractivity contribution in [1.29, 1.82) is 0 Å². The van der Waals surface area contributed by atoms with Gasteiger partial charge in [0.2, 0.25) is 0 Å². The fourth-order valence-electron chi connectivity index (χ4n) is 1.20. The Labute approximate surface area is 82.6 Å². The number of hydrogen-bond acceptors (Lipinski definition) is 4. The Balaban J connectivity index is 2.29. The van der Waals surface area contributed by atoms with E-state index in [0.717, 1.165) is 13.1 Å². The minimum absolute atomic E-state index is 0.265. The smallest absolute Gasteiger partial charge is 0.415 e. The van der Waals surface area contributed by atoms with Crippen molar-refractivity contribution in [2.75, 3.05) is 32.8 Å². The molecule has 6 nitrogen and oxygen atoms in total. The average molecular weight is 201 g/mol. The van der Waals surface area contributed by atoms with Gasteiger partial charge in [-0.1, -0.05) is 0 Å². The van der Waals surface area contributed by atoms with Gasteiger partial charge in [0.05, 0.1) is 6.61 Å². The molecular weight excluding hydrogens is 186 g/mol. The van der Waals surface area contributed by atoms with E-state index in [2.05, 4.69) is 15.4 Å². The summed E-state index contributed by atoms with van der Waals surface area (Å²) in [7, 11) is 0. The van der Waals surface area contributed by atoms with Gasteiger partial charge in [-0.05, 0) is 6.92 Å². The normalized spacial score (nSPS) is 16.2. The highest BCUT2D eigenvalue weighted by Crippen LogP contribution is 1.92. The summed E-state index contributed by atoms with van der Waals surface area (Å²) in [5.41, 5.74) is 0. The van der Waals surface area contributed by atoms with E-state index in [0.29, 0.717) is 13.1 Å². The molecule has 0 aromatic heterocycles. The molecule has 0 aromatic rings. The summed E-state index contributed by atoms with van der Waals surface area (Å²) in [5, 5.41) is 5.26. The first-order valence-corrected chi connectivity index (χ1v) is 4.67. The number of carbonyl (C=O) groups excluding carboxylic acids is 2. The molecule has 0 atom stereocenters. The molecule has 6 heteroatoms. The Bertz CT molecular complexity index is 214. The summed E-state index contributed by atoms with van der Waals surface area (Å²) in [5.74, 6) is 0. The molecule has 0 bridgehead atoms. The maximum absolute atomic E-state index is 11.4. The van der Waals surface area contributed by atoms with Crippen molar-refractivity contribution in [2.45, 2.75) is 6.92 Å². The number of carbonyl (C=O) groups is 2. The van der Waals surface area contributed by atoms with Crippen molar-refractivity contribution in [1.82, 2.24) is 15.5 Å². The van der Waals surface area contributed by atoms with Crippen molar-refractivity contribution in [2.24, 2.45) is 0 Å². The quantitative estimate of drug-likeness (QED) is 0.614. The lowest BCUT2D eigenvalue weighted by molar-refractivity contribution is 0.145. The molecule has 0 aromatic carbocycles. The first kappa shape index (κ1) is 10.8. The first-order valence-electron chi connectivity index (χ1n) is 4.67. The third kappa shape index (κ3) is 3.21. The molecule has 0 aliphatic carbocycles. The van der Waals surface area contributed by atoms with Crippen molar-refractivity contribution < 1.29 is 14.3 Å². The van der Waals surface area contributed by atoms with Gasteiger partial charge in [0.25, 0.3) is 0 Å². The number of alkyl carbamates (subject to hydrolysis) is 1. The van der Waals surface area contributed by atoms with E-state index in [1.807, 2.05) is 0 Å². The van der Waals surface area contributed by atoms with E-state index in [1.54, 1.807) is 11.8 Å². The zero-order chi connectivity index (χ0) is 10.4. The van der Waals surface area contributed by atoms with E-state index < -0.39 is 6.09 Å². The maximum atomic E-state index is 11.4. The molecule has 0 radical (unpaired) electrons. The number of piperazine rings is 1. The topological polar surface area (TPSA) is 70.7 Å². The second kappa shape index (κ2) is 5.43. The van der Waals surface area contributed by atoms with Crippen LogP contribution in [0.15, 0.2) is 0 Å². The molecule has 0 saturated carbocycles. The summed E-state index contributed by atoms with van der Waals surface area (Å²) < 4.78 is 4.59. The van der Waals surface area contributed by atoms with Crippen LogP contribution in [0.1, 0.15) is 6.92 Å². The molecule has 2 N–H and O–H groups in total. The highest BCUT2D eigenvalue weighted by molar-refractivity contribution is 5.90. The summed E-state index contributed by atoms with van der Waals surface area (Å²) >= 11 is 0. The third-order valence-corrected chi connectivity index (χ3v) is 1.89. The van der Waals surface area contributed by atoms with E-state index in [9.17, 15) is 9.59 Å². The fourth-order valence-corrected chi connectivity index (χ4v) is 1.20. The summed E-state index contributed by atoms with van der Waals surface area (Å²) in [4.78, 5) is 23.8. The Morgan fingerprint density at radius 3 is 2.64 bits per heavy atom. The number of hydrogen-bond donors (Lipinski definition) is 2. The molecule has 14 heavy (non-hydrogen) atoms. The van der Waals surface area contributed by atoms with Crippen LogP contribution in [0.5, 0.6) is 0 Å². The molecule has 80 valence electrons. The molecule has 3 amide bonds. The predicted molar refractivity (Wildman–Crippen MR) is 50.0 cm³/mol. The van der Waals surface area contributed by atoms with Gasteiger partial charge in [0, 0.05) is 26.2 Å². The van der Waals surface area contributed by atoms with E-state index in [4.69, 9.17) is 0 Å². The van der Waals surface area contributed by atoms with Crippen LogP contribution in [0, 0.1) is 0 Å². The molecule has 1 heterocycles. The Kier molecular flexibility index (Phi) is 4.18. The number of amides is 3. The SMILES string of the molecule is CCOC(=O)NC(=O)N1CCNCC1. The lowest BCUT2D eigenvalue weighted by Gasteiger charge is -2.26. The van der Waals surface area contributed by atoms with Crippen LogP contribution in [0.4, 0.5) is 9.59 Å². The first-order chi connectivity index (χ1) is 6.74. The van der Waals surface area contributed by atoms with Crippen LogP contribution in [0.3, 0.4) is 0 Å². The molecule has 1 fully saturated rings. The molecule has 1 saturated heterocycles. The molecule has 1 rings (SSSR count). The molecule has 0 unspecified atom stereocenters. The van der Waals surface area contributed by atoms with Gasteiger partial charge in [-0.3, -0.25) is 0 Å². The second-order valence-corrected chi connectivity index (χ2v) is 2.89. The van der Waals surface area contributed by atoms with Crippen LogP contribution in [0.2, 0.25) is 0 Å². The van der Waals surface area contributed by atoms with Crippen molar-refractivity contribution >= 4 is 12.1 Å². The number of imide groups is 1. The van der Waals surface area contributed by atoms with Gasteiger partial charge < -0.3 is 15.0 Å². The van der Waals surface area contributed by atoms with Gasteiger partial charge >= 0.3 is 12.1 Å². The van der Waals surface area contributed by atoms with Gasteiger partial charge in [-0.25, -0.2) is 14.9 Å². The number of ether oxygens (including phenoxy) is 1. The van der Waals surface area contributed by atoms with Crippen LogP contribution in [-0.2, 0) is 4.74 Å². The number of nitrogens with one attached hydrogen (secondary N) is 2. The number of rotatable bonds is 1. The summed E-state index contributed by atoms with van der Waals surface area (Å²) in [6, 6.07) is -0.384. The minimum Gasteiger partial charge on any atom is -0.450 e. The van der Waals surface area contributed by atoms with E-state index in [1.165, 1.54) is 0 Å². The highest BCUT2D eigenvalue weighted by atomic mass is 16.5. The van der Waals surface area contributed by atoms with Gasteiger partial charge in [-0.15, -0.1) is 0 Å². The van der Waals surface area contributed by atoms with E-state index >= 15 is 0 Å². The van der Waals surface area contributed by atoms with Crippen LogP contribution in [0.25, 0.3) is 0 Å². The Hall–Kier alpha value is -1.30. The number of nitrogens with zero attached hydrogens (tertiary/aromatic N) is 1. The van der Waals surface area contributed by atoms with E-state index in [-0.39, 0.29) is 12.6 Å². The van der Waals surface area contributed by atoms with Gasteiger partial charge in [0.15, 0.2) is 0 Å². The van der Waals surface area contributed by atoms with Crippen LogP contribution >= 0.6 is 0 Å². The monoisotopic (exact) mass is 201 g/mol. The maximum Gasteiger partial charge on any atom is 0.415 e. The van der Waals surface area contributed by atoms with Crippen LogP contribution < -0.4 is 10.6 Å².